The van der Waals surface area contributed by atoms with Gasteiger partial charge in [0.2, 0.25) is 0 Å². The second kappa shape index (κ2) is 5.81. The zero-order valence-electron chi connectivity index (χ0n) is 10.5. The predicted octanol–water partition coefficient (Wildman–Crippen LogP) is -1.34. The fraction of sp³-hybridized carbons (Fsp3) is 1.00. The third-order valence-corrected chi connectivity index (χ3v) is 4.96. The van der Waals surface area contributed by atoms with Crippen molar-refractivity contribution in [3.63, 3.8) is 0 Å². The van der Waals surface area contributed by atoms with Crippen molar-refractivity contribution >= 4 is 10.2 Å². The first kappa shape index (κ1) is 14.2. The zero-order chi connectivity index (χ0) is 13.2. The van der Waals surface area contributed by atoms with Crippen LogP contribution in [-0.4, -0.2) is 63.8 Å². The molecule has 3 atom stereocenters. The van der Waals surface area contributed by atoms with Gasteiger partial charge in [-0.05, 0) is 13.3 Å². The van der Waals surface area contributed by atoms with Gasteiger partial charge in [0.05, 0.1) is 25.4 Å². The van der Waals surface area contributed by atoms with Gasteiger partial charge < -0.3 is 15.2 Å². The molecule has 18 heavy (non-hydrogen) atoms. The average molecular weight is 279 g/mol. The molecule has 1 aliphatic carbocycles. The number of nitrogens with zero attached hydrogens (tertiary/aromatic N) is 1. The highest BCUT2D eigenvalue weighted by Gasteiger charge is 2.43. The van der Waals surface area contributed by atoms with E-state index in [-0.39, 0.29) is 18.2 Å². The van der Waals surface area contributed by atoms with Crippen LogP contribution in [0.4, 0.5) is 0 Å². The van der Waals surface area contributed by atoms with E-state index in [2.05, 4.69) is 4.72 Å². The van der Waals surface area contributed by atoms with Gasteiger partial charge in [-0.1, -0.05) is 0 Å². The van der Waals surface area contributed by atoms with Crippen molar-refractivity contribution in [2.24, 2.45) is 5.73 Å². The smallest absolute Gasteiger partial charge is 0.280 e. The Morgan fingerprint density at radius 2 is 2.11 bits per heavy atom. The van der Waals surface area contributed by atoms with Crippen LogP contribution in [0.25, 0.3) is 0 Å². The molecule has 1 saturated heterocycles. The molecule has 0 aromatic heterocycles. The van der Waals surface area contributed by atoms with E-state index in [0.29, 0.717) is 39.3 Å². The standard InChI is InChI=1S/C10H21N3O4S/c1-2-17-9-7-8(11)10(9)12-18(14,15)13-3-5-16-6-4-13/h8-10,12H,2-7,11H2,1H3. The van der Waals surface area contributed by atoms with Crippen molar-refractivity contribution in [2.75, 3.05) is 32.9 Å². The van der Waals surface area contributed by atoms with Crippen molar-refractivity contribution in [3.8, 4) is 0 Å². The van der Waals surface area contributed by atoms with E-state index in [1.165, 1.54) is 4.31 Å². The number of hydrogen-bond acceptors (Lipinski definition) is 5. The molecule has 0 amide bonds. The van der Waals surface area contributed by atoms with E-state index in [4.69, 9.17) is 15.2 Å². The highest BCUT2D eigenvalue weighted by atomic mass is 32.2. The summed E-state index contributed by atoms with van der Waals surface area (Å²) in [6.45, 7) is 4.09. The highest BCUT2D eigenvalue weighted by Crippen LogP contribution is 2.23. The summed E-state index contributed by atoms with van der Waals surface area (Å²) >= 11 is 0. The van der Waals surface area contributed by atoms with Crippen LogP contribution in [0.3, 0.4) is 0 Å². The summed E-state index contributed by atoms with van der Waals surface area (Å²) in [4.78, 5) is 0. The fourth-order valence-electron chi connectivity index (χ4n) is 2.22. The van der Waals surface area contributed by atoms with Gasteiger partial charge >= 0.3 is 0 Å². The largest absolute Gasteiger partial charge is 0.379 e. The van der Waals surface area contributed by atoms with Crippen molar-refractivity contribution < 1.29 is 17.9 Å². The summed E-state index contributed by atoms with van der Waals surface area (Å²) in [5.41, 5.74) is 5.83. The van der Waals surface area contributed by atoms with Crippen LogP contribution < -0.4 is 10.5 Å². The number of nitrogens with one attached hydrogen (secondary N) is 1. The number of ether oxygens (including phenoxy) is 2. The van der Waals surface area contributed by atoms with E-state index in [0.717, 1.165) is 0 Å². The molecule has 1 saturated carbocycles. The van der Waals surface area contributed by atoms with E-state index in [1.807, 2.05) is 6.92 Å². The SMILES string of the molecule is CCOC1CC(N)C1NS(=O)(=O)N1CCOCC1. The van der Waals surface area contributed by atoms with E-state index < -0.39 is 10.2 Å². The molecule has 8 heteroatoms. The third kappa shape index (κ3) is 3.01. The monoisotopic (exact) mass is 279 g/mol. The molecule has 0 aromatic carbocycles. The van der Waals surface area contributed by atoms with Gasteiger partial charge in [0.15, 0.2) is 0 Å². The lowest BCUT2D eigenvalue weighted by Crippen LogP contribution is -2.66. The van der Waals surface area contributed by atoms with E-state index >= 15 is 0 Å². The third-order valence-electron chi connectivity index (χ3n) is 3.34. The quantitative estimate of drug-likeness (QED) is 0.649. The van der Waals surface area contributed by atoms with Gasteiger partial charge in [-0.15, -0.1) is 0 Å². The fourth-order valence-corrected chi connectivity index (χ4v) is 3.67. The summed E-state index contributed by atoms with van der Waals surface area (Å²) in [5, 5.41) is 0. The zero-order valence-corrected chi connectivity index (χ0v) is 11.4. The molecule has 7 nitrogen and oxygen atoms in total. The summed E-state index contributed by atoms with van der Waals surface area (Å²) in [6, 6.07) is -0.491. The summed E-state index contributed by atoms with van der Waals surface area (Å²) in [7, 11) is -3.48. The molecule has 2 fully saturated rings. The normalized spacial score (nSPS) is 34.2. The van der Waals surface area contributed by atoms with Crippen LogP contribution in [0.1, 0.15) is 13.3 Å². The van der Waals surface area contributed by atoms with Gasteiger partial charge in [0, 0.05) is 25.7 Å². The Balaban J connectivity index is 1.94. The second-order valence-electron chi connectivity index (χ2n) is 4.55. The molecule has 3 unspecified atom stereocenters. The minimum absolute atomic E-state index is 0.110. The Bertz CT molecular complexity index is 367. The summed E-state index contributed by atoms with van der Waals surface area (Å²) in [6.07, 6.45) is 0.588. The Morgan fingerprint density at radius 3 is 2.67 bits per heavy atom. The molecule has 1 heterocycles. The lowest BCUT2D eigenvalue weighted by Gasteiger charge is -2.43. The maximum Gasteiger partial charge on any atom is 0.280 e. The van der Waals surface area contributed by atoms with Gasteiger partial charge in [0.25, 0.3) is 10.2 Å². The predicted molar refractivity (Wildman–Crippen MR) is 66.2 cm³/mol. The number of nitrogens with two attached hydrogens (primary N) is 1. The summed E-state index contributed by atoms with van der Waals surface area (Å²) in [5.74, 6) is 0. The second-order valence-corrected chi connectivity index (χ2v) is 6.26. The Hall–Kier alpha value is -0.250. The molecule has 0 bridgehead atoms. The van der Waals surface area contributed by atoms with Crippen LogP contribution in [0.5, 0.6) is 0 Å². The van der Waals surface area contributed by atoms with Crippen LogP contribution in [0.15, 0.2) is 0 Å². The van der Waals surface area contributed by atoms with Crippen molar-refractivity contribution in [3.05, 3.63) is 0 Å². The first-order valence-corrected chi connectivity index (χ1v) is 7.71. The molecule has 0 radical (unpaired) electrons. The minimum atomic E-state index is -3.48. The van der Waals surface area contributed by atoms with Gasteiger partial charge in [-0.3, -0.25) is 0 Å². The van der Waals surface area contributed by atoms with Crippen molar-refractivity contribution in [2.45, 2.75) is 31.5 Å². The molecule has 2 aliphatic rings. The molecule has 1 aliphatic heterocycles. The number of morpholine rings is 1. The molecule has 0 aromatic rings. The molecule has 3 N–H and O–H groups in total. The van der Waals surface area contributed by atoms with Gasteiger partial charge in [-0.2, -0.15) is 17.4 Å². The molecular weight excluding hydrogens is 258 g/mol. The topological polar surface area (TPSA) is 93.9 Å². The number of hydrogen-bond donors (Lipinski definition) is 2. The molecule has 106 valence electrons. The Morgan fingerprint density at radius 1 is 1.44 bits per heavy atom. The molecule has 0 spiro atoms. The first-order chi connectivity index (χ1) is 8.54. The van der Waals surface area contributed by atoms with Gasteiger partial charge in [-0.25, -0.2) is 0 Å². The van der Waals surface area contributed by atoms with Crippen LogP contribution >= 0.6 is 0 Å². The van der Waals surface area contributed by atoms with E-state index in [1.54, 1.807) is 0 Å². The molecular formula is C10H21N3O4S. The van der Waals surface area contributed by atoms with E-state index in [9.17, 15) is 8.42 Å². The average Bonchev–Trinajstić information content (AvgIpc) is 2.37. The molecule has 2 rings (SSSR count). The number of rotatable bonds is 5. The minimum Gasteiger partial charge on any atom is -0.379 e. The Labute approximate surface area is 108 Å². The van der Waals surface area contributed by atoms with Crippen molar-refractivity contribution in [1.29, 1.82) is 0 Å². The highest BCUT2D eigenvalue weighted by molar-refractivity contribution is 7.87. The van der Waals surface area contributed by atoms with Crippen LogP contribution in [0, 0.1) is 0 Å². The van der Waals surface area contributed by atoms with Crippen LogP contribution in [0.2, 0.25) is 0 Å². The maximum atomic E-state index is 12.1. The van der Waals surface area contributed by atoms with Gasteiger partial charge in [0.1, 0.15) is 0 Å². The lowest BCUT2D eigenvalue weighted by atomic mass is 9.84. The van der Waals surface area contributed by atoms with Crippen molar-refractivity contribution in [1.82, 2.24) is 9.03 Å². The maximum absolute atomic E-state index is 12.1. The lowest BCUT2D eigenvalue weighted by molar-refractivity contribution is -0.0256. The summed E-state index contributed by atoms with van der Waals surface area (Å²) < 4.78 is 38.9. The first-order valence-electron chi connectivity index (χ1n) is 6.27. The Kier molecular flexibility index (Phi) is 4.57. The van der Waals surface area contributed by atoms with Crippen LogP contribution in [-0.2, 0) is 19.7 Å².